The van der Waals surface area contributed by atoms with Gasteiger partial charge in [0, 0.05) is 11.3 Å². The lowest BCUT2D eigenvalue weighted by molar-refractivity contribution is 0.237. The van der Waals surface area contributed by atoms with Crippen molar-refractivity contribution >= 4 is 17.1 Å². The van der Waals surface area contributed by atoms with Crippen LogP contribution in [-0.4, -0.2) is 21.0 Å². The molecule has 0 unspecified atom stereocenters. The number of aromatic nitrogens is 3. The molecule has 0 aliphatic carbocycles. The topological polar surface area (TPSA) is 103 Å². The zero-order valence-corrected chi connectivity index (χ0v) is 14.4. The number of pyridine rings is 1. The summed E-state index contributed by atoms with van der Waals surface area (Å²) in [7, 11) is 0. The van der Waals surface area contributed by atoms with E-state index in [1.54, 1.807) is 0 Å². The van der Waals surface area contributed by atoms with E-state index in [2.05, 4.69) is 25.6 Å². The molecule has 0 aliphatic rings. The first-order valence-electron chi connectivity index (χ1n) is 8.12. The minimum Gasteiger partial charge on any atom is -0.340 e. The SMILES string of the molecule is Cc1cc(C)c(CNC(=O)N[C@@H](C)c2nc3ccccc3[nH]2)c(=O)[nH]1. The van der Waals surface area contributed by atoms with E-state index in [1.807, 2.05) is 51.1 Å². The quantitative estimate of drug-likeness (QED) is 0.587. The van der Waals surface area contributed by atoms with Crippen LogP contribution < -0.4 is 16.2 Å². The van der Waals surface area contributed by atoms with Gasteiger partial charge in [-0.15, -0.1) is 0 Å². The van der Waals surface area contributed by atoms with Crippen LogP contribution in [0.3, 0.4) is 0 Å². The molecule has 25 heavy (non-hydrogen) atoms. The van der Waals surface area contributed by atoms with Gasteiger partial charge in [0.2, 0.25) is 0 Å². The van der Waals surface area contributed by atoms with E-state index in [1.165, 1.54) is 0 Å². The van der Waals surface area contributed by atoms with E-state index in [9.17, 15) is 9.59 Å². The molecule has 0 radical (unpaired) electrons. The highest BCUT2D eigenvalue weighted by atomic mass is 16.2. The molecule has 0 fully saturated rings. The Morgan fingerprint density at radius 1 is 1.24 bits per heavy atom. The lowest BCUT2D eigenvalue weighted by Crippen LogP contribution is -2.38. The normalized spacial score (nSPS) is 12.1. The van der Waals surface area contributed by atoms with Crippen LogP contribution in [0.2, 0.25) is 0 Å². The number of aromatic amines is 2. The van der Waals surface area contributed by atoms with Gasteiger partial charge >= 0.3 is 6.03 Å². The van der Waals surface area contributed by atoms with E-state index in [0.29, 0.717) is 11.4 Å². The molecule has 3 rings (SSSR count). The summed E-state index contributed by atoms with van der Waals surface area (Å²) in [5, 5.41) is 5.54. The molecular formula is C18H21N5O2. The number of nitrogens with zero attached hydrogens (tertiary/aromatic N) is 1. The van der Waals surface area contributed by atoms with Crippen molar-refractivity contribution in [2.75, 3.05) is 0 Å². The number of hydrogen-bond acceptors (Lipinski definition) is 3. The number of carbonyl (C=O) groups excluding carboxylic acids is 1. The Balaban J connectivity index is 1.63. The smallest absolute Gasteiger partial charge is 0.315 e. The molecule has 0 bridgehead atoms. The van der Waals surface area contributed by atoms with Crippen molar-refractivity contribution in [3.63, 3.8) is 0 Å². The maximum Gasteiger partial charge on any atom is 0.315 e. The van der Waals surface area contributed by atoms with Crippen molar-refractivity contribution < 1.29 is 4.79 Å². The molecule has 2 heterocycles. The summed E-state index contributed by atoms with van der Waals surface area (Å²) in [6, 6.07) is 8.93. The molecule has 7 nitrogen and oxygen atoms in total. The third-order valence-corrected chi connectivity index (χ3v) is 4.08. The number of amides is 2. The van der Waals surface area contributed by atoms with E-state index < -0.39 is 0 Å². The molecule has 130 valence electrons. The van der Waals surface area contributed by atoms with Gasteiger partial charge in [-0.1, -0.05) is 12.1 Å². The first-order chi connectivity index (χ1) is 11.9. The first kappa shape index (κ1) is 16.8. The fraction of sp³-hybridized carbons (Fsp3) is 0.278. The molecule has 2 amide bonds. The number of hydrogen-bond donors (Lipinski definition) is 4. The van der Waals surface area contributed by atoms with Gasteiger partial charge in [0.1, 0.15) is 5.82 Å². The highest BCUT2D eigenvalue weighted by Crippen LogP contribution is 2.15. The highest BCUT2D eigenvalue weighted by Gasteiger charge is 2.14. The summed E-state index contributed by atoms with van der Waals surface area (Å²) < 4.78 is 0. The molecule has 0 saturated heterocycles. The number of imidazole rings is 1. The van der Waals surface area contributed by atoms with Crippen LogP contribution in [0, 0.1) is 13.8 Å². The summed E-state index contributed by atoms with van der Waals surface area (Å²) in [6.45, 7) is 5.70. The minimum atomic E-state index is -0.354. The number of benzene rings is 1. The van der Waals surface area contributed by atoms with E-state index in [4.69, 9.17) is 0 Å². The Morgan fingerprint density at radius 2 is 2.00 bits per heavy atom. The summed E-state index contributed by atoms with van der Waals surface area (Å²) in [5.41, 5.74) is 3.81. The lowest BCUT2D eigenvalue weighted by Gasteiger charge is -2.13. The average Bonchev–Trinajstić information content (AvgIpc) is 2.98. The number of aryl methyl sites for hydroxylation is 2. The lowest BCUT2D eigenvalue weighted by atomic mass is 10.1. The van der Waals surface area contributed by atoms with Gasteiger partial charge < -0.3 is 20.6 Å². The van der Waals surface area contributed by atoms with Crippen molar-refractivity contribution in [3.05, 3.63) is 63.3 Å². The maximum absolute atomic E-state index is 12.1. The van der Waals surface area contributed by atoms with E-state index >= 15 is 0 Å². The molecule has 7 heteroatoms. The van der Waals surface area contributed by atoms with Crippen molar-refractivity contribution in [2.24, 2.45) is 0 Å². The number of fused-ring (bicyclic) bond motifs is 1. The number of H-pyrrole nitrogens is 2. The van der Waals surface area contributed by atoms with Gasteiger partial charge in [-0.05, 0) is 44.5 Å². The summed E-state index contributed by atoms with van der Waals surface area (Å²) in [5.74, 6) is 0.681. The van der Waals surface area contributed by atoms with Crippen LogP contribution in [0.25, 0.3) is 11.0 Å². The van der Waals surface area contributed by atoms with Crippen LogP contribution in [-0.2, 0) is 6.54 Å². The molecule has 0 aliphatic heterocycles. The van der Waals surface area contributed by atoms with E-state index in [-0.39, 0.29) is 24.2 Å². The monoisotopic (exact) mass is 339 g/mol. The van der Waals surface area contributed by atoms with Crippen molar-refractivity contribution in [3.8, 4) is 0 Å². The van der Waals surface area contributed by atoms with Crippen LogP contribution in [0.15, 0.2) is 35.1 Å². The first-order valence-corrected chi connectivity index (χ1v) is 8.12. The largest absolute Gasteiger partial charge is 0.340 e. The number of rotatable bonds is 4. The summed E-state index contributed by atoms with van der Waals surface area (Å²) in [6.07, 6.45) is 0. The minimum absolute atomic E-state index is 0.167. The fourth-order valence-electron chi connectivity index (χ4n) is 2.76. The predicted octanol–water partition coefficient (Wildman–Crippen LogP) is 2.43. The van der Waals surface area contributed by atoms with Crippen molar-refractivity contribution in [2.45, 2.75) is 33.4 Å². The maximum atomic E-state index is 12.1. The van der Waals surface area contributed by atoms with Crippen LogP contribution >= 0.6 is 0 Å². The average molecular weight is 339 g/mol. The molecule has 0 saturated carbocycles. The Morgan fingerprint density at radius 3 is 2.72 bits per heavy atom. The Hall–Kier alpha value is -3.09. The fourth-order valence-corrected chi connectivity index (χ4v) is 2.76. The Kier molecular flexibility index (Phi) is 4.56. The number of urea groups is 1. The van der Waals surface area contributed by atoms with Gasteiger partial charge in [0.15, 0.2) is 0 Å². The highest BCUT2D eigenvalue weighted by molar-refractivity contribution is 5.76. The van der Waals surface area contributed by atoms with Crippen LogP contribution in [0.4, 0.5) is 4.79 Å². The van der Waals surface area contributed by atoms with Crippen molar-refractivity contribution in [1.29, 1.82) is 0 Å². The number of nitrogens with one attached hydrogen (secondary N) is 4. The zero-order chi connectivity index (χ0) is 18.0. The summed E-state index contributed by atoms with van der Waals surface area (Å²) in [4.78, 5) is 34.5. The predicted molar refractivity (Wildman–Crippen MR) is 96.4 cm³/mol. The molecule has 0 spiro atoms. The van der Waals surface area contributed by atoms with Gasteiger partial charge in [-0.3, -0.25) is 4.79 Å². The van der Waals surface area contributed by atoms with Gasteiger partial charge in [-0.2, -0.15) is 0 Å². The van der Waals surface area contributed by atoms with Crippen LogP contribution in [0.1, 0.15) is 35.6 Å². The van der Waals surface area contributed by atoms with Crippen LogP contribution in [0.5, 0.6) is 0 Å². The second kappa shape index (κ2) is 6.80. The molecule has 3 aromatic rings. The standard InChI is InChI=1S/C18H21N5O2/c1-10-8-11(2)20-17(24)13(10)9-19-18(25)21-12(3)16-22-14-6-4-5-7-15(14)23-16/h4-8,12H,9H2,1-3H3,(H,20,24)(H,22,23)(H2,19,21,25)/t12-/m0/s1. The van der Waals surface area contributed by atoms with Gasteiger partial charge in [0.25, 0.3) is 5.56 Å². The second-order valence-electron chi connectivity index (χ2n) is 6.13. The Bertz CT molecular complexity index is 940. The number of carbonyl (C=O) groups is 1. The molecule has 4 N–H and O–H groups in total. The van der Waals surface area contributed by atoms with Gasteiger partial charge in [0.05, 0.1) is 23.6 Å². The molecule has 2 aromatic heterocycles. The van der Waals surface area contributed by atoms with Crippen molar-refractivity contribution in [1.82, 2.24) is 25.6 Å². The van der Waals surface area contributed by atoms with E-state index in [0.717, 1.165) is 22.3 Å². The second-order valence-corrected chi connectivity index (χ2v) is 6.13. The molecule has 1 atom stereocenters. The molecular weight excluding hydrogens is 318 g/mol. The number of para-hydroxylation sites is 2. The zero-order valence-electron chi connectivity index (χ0n) is 14.4. The third kappa shape index (κ3) is 3.71. The van der Waals surface area contributed by atoms with Gasteiger partial charge in [-0.25, -0.2) is 9.78 Å². The Labute approximate surface area is 144 Å². The third-order valence-electron chi connectivity index (χ3n) is 4.08. The summed E-state index contributed by atoms with van der Waals surface area (Å²) >= 11 is 0. The molecule has 1 aromatic carbocycles.